The predicted octanol–water partition coefficient (Wildman–Crippen LogP) is 2.41. The van der Waals surface area contributed by atoms with Crippen molar-refractivity contribution in [3.8, 4) is 5.75 Å². The molecular formula is C15H24N2O2. The van der Waals surface area contributed by atoms with Crippen LogP contribution in [0, 0.1) is 5.92 Å². The average Bonchev–Trinajstić information content (AvgIpc) is 2.47. The van der Waals surface area contributed by atoms with E-state index in [2.05, 4.69) is 24.5 Å². The average molecular weight is 264 g/mol. The monoisotopic (exact) mass is 264 g/mol. The first-order valence-corrected chi connectivity index (χ1v) is 7.11. The van der Waals surface area contributed by atoms with E-state index < -0.39 is 0 Å². The Morgan fingerprint density at radius 3 is 3.11 bits per heavy atom. The van der Waals surface area contributed by atoms with E-state index >= 15 is 0 Å². The molecule has 0 aliphatic carbocycles. The summed E-state index contributed by atoms with van der Waals surface area (Å²) in [5.41, 5.74) is 4.11. The predicted molar refractivity (Wildman–Crippen MR) is 75.8 cm³/mol. The number of hydrogen-bond acceptors (Lipinski definition) is 4. The fourth-order valence-corrected chi connectivity index (χ4v) is 2.55. The van der Waals surface area contributed by atoms with Gasteiger partial charge in [-0.15, -0.1) is 0 Å². The van der Waals surface area contributed by atoms with Gasteiger partial charge in [0.15, 0.2) is 0 Å². The Hall–Kier alpha value is -1.10. The van der Waals surface area contributed by atoms with Crippen LogP contribution in [0.15, 0.2) is 24.3 Å². The summed E-state index contributed by atoms with van der Waals surface area (Å²) in [6, 6.07) is 8.32. The van der Waals surface area contributed by atoms with Crippen LogP contribution in [-0.4, -0.2) is 19.8 Å². The maximum atomic E-state index is 5.74. The summed E-state index contributed by atoms with van der Waals surface area (Å²) >= 11 is 0. The minimum atomic E-state index is 0.130. The second kappa shape index (κ2) is 7.48. The van der Waals surface area contributed by atoms with E-state index in [0.717, 1.165) is 44.8 Å². The van der Waals surface area contributed by atoms with E-state index in [1.165, 1.54) is 5.56 Å². The van der Waals surface area contributed by atoms with Gasteiger partial charge in [-0.2, -0.15) is 0 Å². The van der Waals surface area contributed by atoms with Crippen LogP contribution in [0.2, 0.25) is 0 Å². The van der Waals surface area contributed by atoms with Crippen molar-refractivity contribution in [3.05, 3.63) is 29.8 Å². The van der Waals surface area contributed by atoms with Crippen LogP contribution in [0.5, 0.6) is 5.75 Å². The minimum Gasteiger partial charge on any atom is -0.494 e. The number of nitrogens with two attached hydrogens (primary N) is 1. The van der Waals surface area contributed by atoms with Crippen molar-refractivity contribution in [2.24, 2.45) is 11.8 Å². The summed E-state index contributed by atoms with van der Waals surface area (Å²) in [7, 11) is 0. The maximum absolute atomic E-state index is 5.74. The first-order valence-electron chi connectivity index (χ1n) is 7.11. The molecule has 4 heteroatoms. The smallest absolute Gasteiger partial charge is 0.119 e. The zero-order valence-electron chi connectivity index (χ0n) is 11.6. The van der Waals surface area contributed by atoms with E-state index in [4.69, 9.17) is 15.3 Å². The molecule has 0 saturated carbocycles. The van der Waals surface area contributed by atoms with Crippen LogP contribution < -0.4 is 16.0 Å². The number of hydrazine groups is 1. The highest BCUT2D eigenvalue weighted by Crippen LogP contribution is 2.30. The van der Waals surface area contributed by atoms with Gasteiger partial charge in [-0.25, -0.2) is 0 Å². The first-order chi connectivity index (χ1) is 9.35. The topological polar surface area (TPSA) is 56.5 Å². The van der Waals surface area contributed by atoms with Crippen molar-refractivity contribution in [3.63, 3.8) is 0 Å². The molecule has 19 heavy (non-hydrogen) atoms. The van der Waals surface area contributed by atoms with E-state index in [9.17, 15) is 0 Å². The number of ether oxygens (including phenoxy) is 2. The number of benzene rings is 1. The maximum Gasteiger partial charge on any atom is 0.119 e. The summed E-state index contributed by atoms with van der Waals surface area (Å²) in [5.74, 6) is 7.08. The summed E-state index contributed by atoms with van der Waals surface area (Å²) < 4.78 is 11.2. The van der Waals surface area contributed by atoms with Crippen molar-refractivity contribution < 1.29 is 9.47 Å². The third-order valence-electron chi connectivity index (χ3n) is 3.54. The standard InChI is InChI=1S/C15H24N2O2/c1-2-8-19-14-7-3-5-12(10-14)15(17-16)13-6-4-9-18-11-13/h3,5,7,10,13,15,17H,2,4,6,8-9,11,16H2,1H3. The van der Waals surface area contributed by atoms with Gasteiger partial charge in [-0.1, -0.05) is 19.1 Å². The highest BCUT2D eigenvalue weighted by molar-refractivity contribution is 5.31. The van der Waals surface area contributed by atoms with Gasteiger partial charge in [0, 0.05) is 12.5 Å². The molecule has 1 aromatic rings. The third kappa shape index (κ3) is 3.93. The molecule has 1 aliphatic heterocycles. The van der Waals surface area contributed by atoms with E-state index in [1.54, 1.807) is 0 Å². The van der Waals surface area contributed by atoms with Gasteiger partial charge in [0.1, 0.15) is 5.75 Å². The van der Waals surface area contributed by atoms with Gasteiger partial charge in [0.25, 0.3) is 0 Å². The quantitative estimate of drug-likeness (QED) is 0.612. The van der Waals surface area contributed by atoms with Crippen molar-refractivity contribution in [2.75, 3.05) is 19.8 Å². The van der Waals surface area contributed by atoms with Gasteiger partial charge in [0.2, 0.25) is 0 Å². The second-order valence-electron chi connectivity index (χ2n) is 5.04. The lowest BCUT2D eigenvalue weighted by atomic mass is 9.89. The molecule has 2 atom stereocenters. The van der Waals surface area contributed by atoms with Gasteiger partial charge in [-0.3, -0.25) is 11.3 Å². The molecule has 106 valence electrons. The van der Waals surface area contributed by atoms with Crippen LogP contribution in [0.4, 0.5) is 0 Å². The van der Waals surface area contributed by atoms with E-state index in [0.29, 0.717) is 5.92 Å². The van der Waals surface area contributed by atoms with Crippen LogP contribution >= 0.6 is 0 Å². The van der Waals surface area contributed by atoms with Crippen molar-refractivity contribution in [2.45, 2.75) is 32.2 Å². The summed E-state index contributed by atoms with van der Waals surface area (Å²) in [5, 5.41) is 0. The van der Waals surface area contributed by atoms with Crippen LogP contribution in [0.25, 0.3) is 0 Å². The van der Waals surface area contributed by atoms with E-state index in [-0.39, 0.29) is 6.04 Å². The van der Waals surface area contributed by atoms with Crippen molar-refractivity contribution in [1.82, 2.24) is 5.43 Å². The lowest BCUT2D eigenvalue weighted by Gasteiger charge is -2.30. The fraction of sp³-hybridized carbons (Fsp3) is 0.600. The summed E-state index contributed by atoms with van der Waals surface area (Å²) in [6.07, 6.45) is 3.27. The molecule has 2 unspecified atom stereocenters. The Labute approximate surface area is 115 Å². The molecule has 1 aliphatic rings. The Kier molecular flexibility index (Phi) is 5.63. The number of hydrogen-bond donors (Lipinski definition) is 2. The van der Waals surface area contributed by atoms with Gasteiger partial charge < -0.3 is 9.47 Å². The van der Waals surface area contributed by atoms with Crippen molar-refractivity contribution in [1.29, 1.82) is 0 Å². The molecule has 4 nitrogen and oxygen atoms in total. The van der Waals surface area contributed by atoms with Crippen molar-refractivity contribution >= 4 is 0 Å². The molecule has 0 amide bonds. The summed E-state index contributed by atoms with van der Waals surface area (Å²) in [6.45, 7) is 4.49. The number of rotatable bonds is 6. The molecule has 0 radical (unpaired) electrons. The summed E-state index contributed by atoms with van der Waals surface area (Å²) in [4.78, 5) is 0. The Balaban J connectivity index is 2.08. The SMILES string of the molecule is CCCOc1cccc(C(NN)C2CCCOC2)c1. The minimum absolute atomic E-state index is 0.130. The normalized spacial score (nSPS) is 21.1. The lowest BCUT2D eigenvalue weighted by molar-refractivity contribution is 0.0390. The molecule has 2 rings (SSSR count). The molecule has 1 saturated heterocycles. The molecule has 0 aromatic heterocycles. The Bertz CT molecular complexity index is 378. The van der Waals surface area contributed by atoms with Gasteiger partial charge in [0.05, 0.1) is 19.3 Å². The highest BCUT2D eigenvalue weighted by Gasteiger charge is 2.24. The van der Waals surface area contributed by atoms with Crippen LogP contribution in [0.1, 0.15) is 37.8 Å². The molecule has 0 spiro atoms. The van der Waals surface area contributed by atoms with Gasteiger partial charge >= 0.3 is 0 Å². The van der Waals surface area contributed by atoms with Crippen LogP contribution in [-0.2, 0) is 4.74 Å². The first kappa shape index (κ1) is 14.3. The highest BCUT2D eigenvalue weighted by atomic mass is 16.5. The second-order valence-corrected chi connectivity index (χ2v) is 5.04. The fourth-order valence-electron chi connectivity index (χ4n) is 2.55. The zero-order valence-corrected chi connectivity index (χ0v) is 11.6. The number of nitrogens with one attached hydrogen (secondary N) is 1. The Morgan fingerprint density at radius 2 is 2.42 bits per heavy atom. The zero-order chi connectivity index (χ0) is 13.5. The largest absolute Gasteiger partial charge is 0.494 e. The molecular weight excluding hydrogens is 240 g/mol. The third-order valence-corrected chi connectivity index (χ3v) is 3.54. The van der Waals surface area contributed by atoms with Crippen LogP contribution in [0.3, 0.4) is 0 Å². The molecule has 1 heterocycles. The molecule has 1 aromatic carbocycles. The van der Waals surface area contributed by atoms with E-state index in [1.807, 2.05) is 12.1 Å². The Morgan fingerprint density at radius 1 is 1.53 bits per heavy atom. The molecule has 3 N–H and O–H groups in total. The lowest BCUT2D eigenvalue weighted by Crippen LogP contribution is -2.37. The molecule has 0 bridgehead atoms. The molecule has 1 fully saturated rings. The van der Waals surface area contributed by atoms with Gasteiger partial charge in [-0.05, 0) is 37.0 Å².